The predicted octanol–water partition coefficient (Wildman–Crippen LogP) is 3.90. The number of carbonyl (C=O) groups is 1. The number of likely N-dealkylation sites (tertiary alicyclic amines) is 1. The Hall–Kier alpha value is -2.47. The number of aromatic nitrogens is 2. The third-order valence-electron chi connectivity index (χ3n) is 6.96. The highest BCUT2D eigenvalue weighted by molar-refractivity contribution is 5.76. The first-order chi connectivity index (χ1) is 15.4. The average Bonchev–Trinajstić information content (AvgIpc) is 2.74. The van der Waals surface area contributed by atoms with Crippen LogP contribution in [0.15, 0.2) is 35.1 Å². The van der Waals surface area contributed by atoms with Crippen LogP contribution in [0.2, 0.25) is 0 Å². The molecule has 0 radical (unpaired) electrons. The van der Waals surface area contributed by atoms with E-state index in [0.29, 0.717) is 5.92 Å². The second kappa shape index (κ2) is 9.99. The van der Waals surface area contributed by atoms with E-state index in [1.165, 1.54) is 29.5 Å². The Balaban J connectivity index is 1.54. The Labute approximate surface area is 191 Å². The molecule has 0 unspecified atom stereocenters. The van der Waals surface area contributed by atoms with Crippen molar-refractivity contribution in [1.82, 2.24) is 20.0 Å². The third kappa shape index (κ3) is 5.12. The minimum absolute atomic E-state index is 0.0381. The summed E-state index contributed by atoms with van der Waals surface area (Å²) in [4.78, 5) is 28.0. The van der Waals surface area contributed by atoms with Gasteiger partial charge in [0.2, 0.25) is 5.91 Å². The lowest BCUT2D eigenvalue weighted by molar-refractivity contribution is -0.123. The first kappa shape index (κ1) is 22.7. The fourth-order valence-electron chi connectivity index (χ4n) is 4.85. The zero-order valence-corrected chi connectivity index (χ0v) is 19.6. The van der Waals surface area contributed by atoms with Crippen molar-refractivity contribution in [2.75, 3.05) is 19.6 Å². The van der Waals surface area contributed by atoms with Gasteiger partial charge in [-0.05, 0) is 61.7 Å². The highest BCUT2D eigenvalue weighted by atomic mass is 16.2. The smallest absolute Gasteiger partial charge is 0.267 e. The number of piperidine rings is 1. The number of likely N-dealkylation sites (N-methyl/N-ethyl adjacent to an activating group) is 1. The molecule has 2 fully saturated rings. The van der Waals surface area contributed by atoms with Gasteiger partial charge in [0.15, 0.2) is 0 Å². The number of hydrogen-bond donors (Lipinski definition) is 1. The van der Waals surface area contributed by atoms with Gasteiger partial charge in [-0.15, -0.1) is 0 Å². The van der Waals surface area contributed by atoms with Crippen LogP contribution in [-0.2, 0) is 11.3 Å². The van der Waals surface area contributed by atoms with Crippen molar-refractivity contribution >= 4 is 5.91 Å². The van der Waals surface area contributed by atoms with Gasteiger partial charge in [-0.3, -0.25) is 9.59 Å². The Morgan fingerprint density at radius 2 is 2.00 bits per heavy atom. The number of hydrogen-bond acceptors (Lipinski definition) is 4. The van der Waals surface area contributed by atoms with Crippen LogP contribution in [0.1, 0.15) is 76.0 Å². The molecule has 32 heavy (non-hydrogen) atoms. The van der Waals surface area contributed by atoms with Gasteiger partial charge in [0.25, 0.3) is 5.56 Å². The number of nitrogens with one attached hydrogen (secondary N) is 1. The zero-order chi connectivity index (χ0) is 22.7. The average molecular weight is 437 g/mol. The molecule has 1 atom stereocenters. The number of rotatable bonds is 7. The van der Waals surface area contributed by atoms with Crippen molar-refractivity contribution in [3.05, 3.63) is 51.9 Å². The summed E-state index contributed by atoms with van der Waals surface area (Å²) in [6, 6.07) is 10.3. The van der Waals surface area contributed by atoms with E-state index < -0.39 is 0 Å². The van der Waals surface area contributed by atoms with E-state index in [4.69, 9.17) is 0 Å². The summed E-state index contributed by atoms with van der Waals surface area (Å²) in [5, 5.41) is 7.76. The van der Waals surface area contributed by atoms with Crippen LogP contribution in [0.4, 0.5) is 0 Å². The molecule has 6 heteroatoms. The van der Waals surface area contributed by atoms with Gasteiger partial charge in [-0.2, -0.15) is 5.10 Å². The number of amides is 1. The van der Waals surface area contributed by atoms with Crippen LogP contribution in [0.25, 0.3) is 11.1 Å². The van der Waals surface area contributed by atoms with Crippen molar-refractivity contribution in [1.29, 1.82) is 0 Å². The molecule has 1 aliphatic heterocycles. The van der Waals surface area contributed by atoms with Crippen LogP contribution >= 0.6 is 0 Å². The van der Waals surface area contributed by atoms with Crippen molar-refractivity contribution in [2.24, 2.45) is 0 Å². The van der Waals surface area contributed by atoms with Crippen LogP contribution in [0.5, 0.6) is 0 Å². The quantitative estimate of drug-likeness (QED) is 0.715. The van der Waals surface area contributed by atoms with Crippen molar-refractivity contribution in [3.8, 4) is 11.1 Å². The van der Waals surface area contributed by atoms with E-state index in [2.05, 4.69) is 60.4 Å². The Kier molecular flexibility index (Phi) is 7.09. The van der Waals surface area contributed by atoms with E-state index >= 15 is 0 Å². The number of nitrogens with zero attached hydrogens (tertiary/aromatic N) is 3. The van der Waals surface area contributed by atoms with Gasteiger partial charge in [-0.1, -0.05) is 51.5 Å². The molecule has 172 valence electrons. The maximum absolute atomic E-state index is 12.9. The maximum atomic E-state index is 12.9. The van der Waals surface area contributed by atoms with E-state index in [9.17, 15) is 9.59 Å². The molecule has 6 nitrogen and oxygen atoms in total. The normalized spacial score (nSPS) is 19.7. The molecule has 1 aromatic carbocycles. The minimum Gasteiger partial charge on any atom is -0.350 e. The molecule has 1 saturated carbocycles. The predicted molar refractivity (Wildman–Crippen MR) is 128 cm³/mol. The second-order valence-corrected chi connectivity index (χ2v) is 9.65. The van der Waals surface area contributed by atoms with Crippen LogP contribution in [0, 0.1) is 0 Å². The van der Waals surface area contributed by atoms with Gasteiger partial charge in [0.05, 0.1) is 5.69 Å². The summed E-state index contributed by atoms with van der Waals surface area (Å²) >= 11 is 0. The molecule has 1 saturated heterocycles. The molecule has 0 spiro atoms. The van der Waals surface area contributed by atoms with E-state index in [1.54, 1.807) is 6.07 Å². The fraction of sp³-hybridized carbons (Fsp3) is 0.577. The molecular formula is C26H36N4O2. The lowest BCUT2D eigenvalue weighted by atomic mass is 9.79. The fourth-order valence-corrected chi connectivity index (χ4v) is 4.85. The third-order valence-corrected chi connectivity index (χ3v) is 6.96. The molecule has 2 aliphatic rings. The number of carbonyl (C=O) groups excluding carboxylic acids is 1. The molecular weight excluding hydrogens is 400 g/mol. The zero-order valence-electron chi connectivity index (χ0n) is 19.6. The standard InChI is InChI=1S/C26H36N4O2/c1-4-29-13-7-12-22(16-29)27-24(31)17-30-25(32)15-23(26(28-30)18(2)3)21-11-6-10-20(14-21)19-8-5-9-19/h6,10-11,14-15,18-19,22H,4-5,7-9,12-13,16-17H2,1-3H3,(H,27,31)/t22-/m0/s1. The van der Waals surface area contributed by atoms with Crippen LogP contribution in [-0.4, -0.2) is 46.3 Å². The SMILES string of the molecule is CCN1CCC[C@H](NC(=O)Cn2nc(C(C)C)c(-c3cccc(C4CCC4)c3)cc2=O)C1. The lowest BCUT2D eigenvalue weighted by Crippen LogP contribution is -2.48. The lowest BCUT2D eigenvalue weighted by Gasteiger charge is -2.32. The molecule has 1 amide bonds. The number of benzene rings is 1. The summed E-state index contributed by atoms with van der Waals surface area (Å²) in [6.07, 6.45) is 5.85. The van der Waals surface area contributed by atoms with Crippen LogP contribution in [0.3, 0.4) is 0 Å². The van der Waals surface area contributed by atoms with Crippen molar-refractivity contribution in [2.45, 2.75) is 77.3 Å². The summed E-state index contributed by atoms with van der Waals surface area (Å²) in [7, 11) is 0. The molecule has 1 N–H and O–H groups in total. The van der Waals surface area contributed by atoms with E-state index in [0.717, 1.165) is 49.3 Å². The van der Waals surface area contributed by atoms with Gasteiger partial charge < -0.3 is 10.2 Å². The summed E-state index contributed by atoms with van der Waals surface area (Å²) in [6.45, 7) is 9.22. The van der Waals surface area contributed by atoms with Gasteiger partial charge in [0.1, 0.15) is 6.54 Å². The van der Waals surface area contributed by atoms with Crippen LogP contribution < -0.4 is 10.9 Å². The summed E-state index contributed by atoms with van der Waals surface area (Å²) in [5.41, 5.74) is 3.90. The van der Waals surface area contributed by atoms with Gasteiger partial charge in [-0.25, -0.2) is 4.68 Å². The topological polar surface area (TPSA) is 67.2 Å². The Morgan fingerprint density at radius 1 is 1.19 bits per heavy atom. The monoisotopic (exact) mass is 436 g/mol. The summed E-state index contributed by atoms with van der Waals surface area (Å²) in [5.74, 6) is 0.638. The Morgan fingerprint density at radius 3 is 2.69 bits per heavy atom. The molecule has 0 bridgehead atoms. The summed E-state index contributed by atoms with van der Waals surface area (Å²) < 4.78 is 1.32. The highest BCUT2D eigenvalue weighted by Gasteiger charge is 2.23. The van der Waals surface area contributed by atoms with Crippen molar-refractivity contribution < 1.29 is 4.79 Å². The van der Waals surface area contributed by atoms with E-state index in [-0.39, 0.29) is 30.0 Å². The molecule has 1 aliphatic carbocycles. The molecule has 2 aromatic rings. The molecule has 1 aromatic heterocycles. The van der Waals surface area contributed by atoms with E-state index in [1.807, 2.05) is 0 Å². The first-order valence-corrected chi connectivity index (χ1v) is 12.2. The minimum atomic E-state index is -0.229. The van der Waals surface area contributed by atoms with Gasteiger partial charge in [0, 0.05) is 24.2 Å². The first-order valence-electron chi connectivity index (χ1n) is 12.2. The maximum Gasteiger partial charge on any atom is 0.267 e. The highest BCUT2D eigenvalue weighted by Crippen LogP contribution is 2.38. The van der Waals surface area contributed by atoms with Crippen molar-refractivity contribution in [3.63, 3.8) is 0 Å². The largest absolute Gasteiger partial charge is 0.350 e. The Bertz CT molecular complexity index is 1010. The van der Waals surface area contributed by atoms with Gasteiger partial charge >= 0.3 is 0 Å². The second-order valence-electron chi connectivity index (χ2n) is 9.65. The molecule has 4 rings (SSSR count). The molecule has 2 heterocycles.